The van der Waals surface area contributed by atoms with Crippen molar-refractivity contribution >= 4 is 23.2 Å². The Labute approximate surface area is 127 Å². The fraction of sp³-hybridized carbons (Fsp3) is 0.357. The van der Waals surface area contributed by atoms with Gasteiger partial charge < -0.3 is 15.2 Å². The first-order chi connectivity index (χ1) is 10.0. The molecule has 2 rings (SSSR count). The molecule has 21 heavy (non-hydrogen) atoms. The Hall–Kier alpha value is -2.08. The molecule has 1 atom stereocenters. The molecular formula is C14H17ClN4O2. The van der Waals surface area contributed by atoms with Gasteiger partial charge in [0.25, 0.3) is 5.91 Å². The van der Waals surface area contributed by atoms with Gasteiger partial charge in [-0.15, -0.1) is 0 Å². The summed E-state index contributed by atoms with van der Waals surface area (Å²) in [6, 6.07) is 4.84. The van der Waals surface area contributed by atoms with Crippen LogP contribution in [0.4, 0.5) is 5.69 Å². The van der Waals surface area contributed by atoms with E-state index in [1.807, 2.05) is 13.8 Å². The first kappa shape index (κ1) is 15.3. The number of anilines is 1. The third kappa shape index (κ3) is 3.52. The second kappa shape index (κ2) is 6.58. The molecule has 1 amide bonds. The Morgan fingerprint density at radius 3 is 2.67 bits per heavy atom. The fourth-order valence-corrected chi connectivity index (χ4v) is 2.19. The summed E-state index contributed by atoms with van der Waals surface area (Å²) < 4.78 is 4.74. The van der Waals surface area contributed by atoms with Gasteiger partial charge in [0, 0.05) is 12.7 Å². The van der Waals surface area contributed by atoms with Gasteiger partial charge in [-0.05, 0) is 24.1 Å². The van der Waals surface area contributed by atoms with Crippen LogP contribution in [0.1, 0.15) is 36.1 Å². The molecule has 1 aromatic carbocycles. The Kier molecular flexibility index (Phi) is 4.80. The lowest BCUT2D eigenvalue weighted by molar-refractivity contribution is 0.0922. The maximum absolute atomic E-state index is 12.4. The molecule has 0 fully saturated rings. The molecule has 2 N–H and O–H groups in total. The molecule has 0 saturated heterocycles. The van der Waals surface area contributed by atoms with Gasteiger partial charge in [0.2, 0.25) is 6.39 Å². The molecule has 112 valence electrons. The molecule has 0 spiro atoms. The number of hydrogen-bond acceptors (Lipinski definition) is 5. The number of aromatic nitrogens is 2. The topological polar surface area (TPSA) is 80.0 Å². The summed E-state index contributed by atoms with van der Waals surface area (Å²) in [5.41, 5.74) is 1.25. The summed E-state index contributed by atoms with van der Waals surface area (Å²) in [4.78, 5) is 16.4. The minimum Gasteiger partial charge on any atom is -0.388 e. The molecule has 1 aromatic heterocycles. The van der Waals surface area contributed by atoms with Crippen LogP contribution >= 0.6 is 11.6 Å². The van der Waals surface area contributed by atoms with E-state index in [0.717, 1.165) is 5.69 Å². The summed E-state index contributed by atoms with van der Waals surface area (Å²) in [6.07, 6.45) is 1.24. The number of amides is 1. The number of benzene rings is 1. The van der Waals surface area contributed by atoms with E-state index in [0.29, 0.717) is 16.4 Å². The number of nitrogens with zero attached hydrogens (tertiary/aromatic N) is 2. The molecule has 2 aromatic rings. The highest BCUT2D eigenvalue weighted by atomic mass is 35.5. The van der Waals surface area contributed by atoms with Gasteiger partial charge in [-0.1, -0.05) is 30.6 Å². The van der Waals surface area contributed by atoms with E-state index < -0.39 is 0 Å². The normalized spacial score (nSPS) is 12.2. The van der Waals surface area contributed by atoms with E-state index in [-0.39, 0.29) is 17.9 Å². The number of carbonyl (C=O) groups excluding carboxylic acids is 1. The van der Waals surface area contributed by atoms with Crippen molar-refractivity contribution in [2.75, 3.05) is 12.4 Å². The molecule has 0 aliphatic carbocycles. The van der Waals surface area contributed by atoms with Gasteiger partial charge in [0.15, 0.2) is 5.82 Å². The summed E-state index contributed by atoms with van der Waals surface area (Å²) in [5.74, 6) is 0.286. The van der Waals surface area contributed by atoms with Crippen molar-refractivity contribution < 1.29 is 9.32 Å². The van der Waals surface area contributed by atoms with Crippen molar-refractivity contribution in [2.24, 2.45) is 5.92 Å². The third-order valence-corrected chi connectivity index (χ3v) is 3.42. The van der Waals surface area contributed by atoms with Gasteiger partial charge in [0.05, 0.1) is 16.6 Å². The van der Waals surface area contributed by atoms with Gasteiger partial charge in [-0.25, -0.2) is 0 Å². The summed E-state index contributed by atoms with van der Waals surface area (Å²) in [7, 11) is 1.79. The molecule has 0 radical (unpaired) electrons. The first-order valence-electron chi connectivity index (χ1n) is 6.57. The van der Waals surface area contributed by atoms with E-state index in [1.165, 1.54) is 6.39 Å². The second-order valence-electron chi connectivity index (χ2n) is 4.93. The molecular weight excluding hydrogens is 292 g/mol. The smallest absolute Gasteiger partial charge is 0.253 e. The van der Waals surface area contributed by atoms with Crippen LogP contribution in [0.25, 0.3) is 0 Å². The van der Waals surface area contributed by atoms with Crippen molar-refractivity contribution in [3.8, 4) is 0 Å². The predicted molar refractivity (Wildman–Crippen MR) is 80.3 cm³/mol. The average molecular weight is 309 g/mol. The number of rotatable bonds is 5. The third-order valence-electron chi connectivity index (χ3n) is 3.11. The molecule has 1 heterocycles. The maximum Gasteiger partial charge on any atom is 0.253 e. The summed E-state index contributed by atoms with van der Waals surface area (Å²) in [5, 5.41) is 10.0. The molecule has 0 bridgehead atoms. The lowest BCUT2D eigenvalue weighted by Crippen LogP contribution is -2.32. The van der Waals surface area contributed by atoms with Crippen molar-refractivity contribution in [3.63, 3.8) is 0 Å². The molecule has 6 nitrogen and oxygen atoms in total. The molecule has 7 heteroatoms. The monoisotopic (exact) mass is 308 g/mol. The number of hydrogen-bond donors (Lipinski definition) is 2. The van der Waals surface area contributed by atoms with Crippen LogP contribution in [0.5, 0.6) is 0 Å². The van der Waals surface area contributed by atoms with Crippen LogP contribution in [-0.4, -0.2) is 23.1 Å². The van der Waals surface area contributed by atoms with Gasteiger partial charge >= 0.3 is 0 Å². The lowest BCUT2D eigenvalue weighted by atomic mass is 10.0. The van der Waals surface area contributed by atoms with Crippen LogP contribution in [-0.2, 0) is 0 Å². The van der Waals surface area contributed by atoms with Crippen molar-refractivity contribution in [1.82, 2.24) is 15.5 Å². The highest BCUT2D eigenvalue weighted by molar-refractivity contribution is 6.34. The standard InChI is InChI=1S/C14H17ClN4O2/c1-8(2)12(13-17-7-21-19-13)18-14(20)10-5-4-9(16-3)6-11(10)15/h4-8,12,16H,1-3H3,(H,18,20). The zero-order valence-electron chi connectivity index (χ0n) is 12.1. The van der Waals surface area contributed by atoms with Crippen LogP contribution in [0, 0.1) is 5.92 Å². The zero-order chi connectivity index (χ0) is 15.4. The summed E-state index contributed by atoms with van der Waals surface area (Å²) >= 11 is 6.14. The molecule has 1 unspecified atom stereocenters. The molecule has 0 saturated carbocycles. The highest BCUT2D eigenvalue weighted by Gasteiger charge is 2.23. The lowest BCUT2D eigenvalue weighted by Gasteiger charge is -2.19. The van der Waals surface area contributed by atoms with E-state index in [2.05, 4.69) is 20.8 Å². The van der Waals surface area contributed by atoms with Crippen molar-refractivity contribution in [2.45, 2.75) is 19.9 Å². The first-order valence-corrected chi connectivity index (χ1v) is 6.95. The average Bonchev–Trinajstić information content (AvgIpc) is 2.97. The van der Waals surface area contributed by atoms with Crippen LogP contribution in [0.15, 0.2) is 29.1 Å². The van der Waals surface area contributed by atoms with E-state index in [1.54, 1.807) is 25.2 Å². The zero-order valence-corrected chi connectivity index (χ0v) is 12.8. The van der Waals surface area contributed by atoms with E-state index in [9.17, 15) is 4.79 Å². The number of carbonyl (C=O) groups is 1. The minimum atomic E-state index is -0.337. The Morgan fingerprint density at radius 2 is 2.14 bits per heavy atom. The maximum atomic E-state index is 12.4. The quantitative estimate of drug-likeness (QED) is 0.887. The van der Waals surface area contributed by atoms with Crippen LogP contribution in [0.3, 0.4) is 0 Å². The highest BCUT2D eigenvalue weighted by Crippen LogP contribution is 2.23. The molecule has 0 aliphatic rings. The number of halogens is 1. The van der Waals surface area contributed by atoms with Gasteiger partial charge in [-0.3, -0.25) is 4.79 Å². The van der Waals surface area contributed by atoms with E-state index in [4.69, 9.17) is 16.1 Å². The Bertz CT molecular complexity index is 613. The van der Waals surface area contributed by atoms with E-state index >= 15 is 0 Å². The van der Waals surface area contributed by atoms with Crippen LogP contribution in [0.2, 0.25) is 5.02 Å². The van der Waals surface area contributed by atoms with Crippen LogP contribution < -0.4 is 10.6 Å². The SMILES string of the molecule is CNc1ccc(C(=O)NC(c2ncon2)C(C)C)c(Cl)c1. The molecule has 0 aliphatic heterocycles. The Balaban J connectivity index is 2.20. The predicted octanol–water partition coefficient (Wildman–Crippen LogP) is 2.89. The largest absolute Gasteiger partial charge is 0.388 e. The fourth-order valence-electron chi connectivity index (χ4n) is 1.92. The van der Waals surface area contributed by atoms with Crippen molar-refractivity contribution in [3.05, 3.63) is 41.0 Å². The summed E-state index contributed by atoms with van der Waals surface area (Å²) in [6.45, 7) is 3.93. The van der Waals surface area contributed by atoms with Gasteiger partial charge in [0.1, 0.15) is 0 Å². The second-order valence-corrected chi connectivity index (χ2v) is 5.34. The number of nitrogens with one attached hydrogen (secondary N) is 2. The van der Waals surface area contributed by atoms with Crippen molar-refractivity contribution in [1.29, 1.82) is 0 Å². The minimum absolute atomic E-state index is 0.113. The van der Waals surface area contributed by atoms with Gasteiger partial charge in [-0.2, -0.15) is 4.98 Å². The Morgan fingerprint density at radius 1 is 1.38 bits per heavy atom.